The number of carbonyl (C=O) groups is 1. The number of carbonyl (C=O) groups excluding carboxylic acids is 1. The minimum absolute atomic E-state index is 0.123. The lowest BCUT2D eigenvalue weighted by Gasteiger charge is -2.13. The molecule has 0 aliphatic heterocycles. The second-order valence-electron chi connectivity index (χ2n) is 5.07. The van der Waals surface area contributed by atoms with Gasteiger partial charge >= 0.3 is 0 Å². The van der Waals surface area contributed by atoms with Gasteiger partial charge < -0.3 is 10.2 Å². The SMILES string of the molecule is Cc1ccc(NC(=O)c2ccnc(N(C)C)c2)c(C)c1. The van der Waals surface area contributed by atoms with Gasteiger partial charge in [0.1, 0.15) is 5.82 Å². The number of hydrogen-bond donors (Lipinski definition) is 1. The Morgan fingerprint density at radius 1 is 1.15 bits per heavy atom. The number of hydrogen-bond acceptors (Lipinski definition) is 3. The molecule has 0 spiro atoms. The Hall–Kier alpha value is -2.36. The van der Waals surface area contributed by atoms with Crippen LogP contribution in [0.1, 0.15) is 21.5 Å². The number of rotatable bonds is 3. The van der Waals surface area contributed by atoms with E-state index in [0.29, 0.717) is 5.56 Å². The number of amides is 1. The Morgan fingerprint density at radius 3 is 2.55 bits per heavy atom. The number of nitrogens with one attached hydrogen (secondary N) is 1. The molecule has 104 valence electrons. The molecular weight excluding hydrogens is 250 g/mol. The molecule has 4 nitrogen and oxygen atoms in total. The molecule has 2 rings (SSSR count). The largest absolute Gasteiger partial charge is 0.363 e. The molecule has 0 saturated heterocycles. The molecule has 0 unspecified atom stereocenters. The summed E-state index contributed by atoms with van der Waals surface area (Å²) >= 11 is 0. The molecule has 0 aliphatic carbocycles. The number of aryl methyl sites for hydroxylation is 2. The molecule has 1 aromatic heterocycles. The zero-order chi connectivity index (χ0) is 14.7. The van der Waals surface area contributed by atoms with Crippen molar-refractivity contribution in [3.8, 4) is 0 Å². The van der Waals surface area contributed by atoms with Gasteiger partial charge in [-0.1, -0.05) is 17.7 Å². The summed E-state index contributed by atoms with van der Waals surface area (Å²) in [4.78, 5) is 18.3. The van der Waals surface area contributed by atoms with Crippen molar-refractivity contribution in [1.82, 2.24) is 4.98 Å². The average molecular weight is 269 g/mol. The van der Waals surface area contributed by atoms with Gasteiger partial charge in [-0.2, -0.15) is 0 Å². The molecule has 0 fully saturated rings. The van der Waals surface area contributed by atoms with Gasteiger partial charge in [0.25, 0.3) is 5.91 Å². The van der Waals surface area contributed by atoms with Crippen molar-refractivity contribution in [1.29, 1.82) is 0 Å². The molecule has 0 aliphatic rings. The van der Waals surface area contributed by atoms with Gasteiger partial charge in [0, 0.05) is 31.5 Å². The van der Waals surface area contributed by atoms with Crippen LogP contribution in [0, 0.1) is 13.8 Å². The molecular formula is C16H19N3O. The maximum atomic E-state index is 12.3. The van der Waals surface area contributed by atoms with Crippen LogP contribution in [0.4, 0.5) is 11.5 Å². The van der Waals surface area contributed by atoms with Crippen molar-refractivity contribution in [2.75, 3.05) is 24.3 Å². The Morgan fingerprint density at radius 2 is 1.90 bits per heavy atom. The van der Waals surface area contributed by atoms with E-state index in [2.05, 4.69) is 10.3 Å². The van der Waals surface area contributed by atoms with E-state index in [1.165, 1.54) is 5.56 Å². The molecule has 2 aromatic rings. The van der Waals surface area contributed by atoms with Gasteiger partial charge in [0.05, 0.1) is 0 Å². The van der Waals surface area contributed by atoms with Crippen molar-refractivity contribution in [3.63, 3.8) is 0 Å². The van der Waals surface area contributed by atoms with E-state index in [4.69, 9.17) is 0 Å². The maximum absolute atomic E-state index is 12.3. The van der Waals surface area contributed by atoms with Gasteiger partial charge in [-0.05, 0) is 37.6 Å². The number of aromatic nitrogens is 1. The van der Waals surface area contributed by atoms with Gasteiger partial charge in [-0.15, -0.1) is 0 Å². The quantitative estimate of drug-likeness (QED) is 0.931. The normalized spacial score (nSPS) is 10.2. The molecule has 20 heavy (non-hydrogen) atoms. The first-order valence-corrected chi connectivity index (χ1v) is 6.49. The molecule has 0 radical (unpaired) electrons. The number of pyridine rings is 1. The summed E-state index contributed by atoms with van der Waals surface area (Å²) in [6.07, 6.45) is 1.65. The molecule has 1 amide bonds. The van der Waals surface area contributed by atoms with Gasteiger partial charge in [0.2, 0.25) is 0 Å². The smallest absolute Gasteiger partial charge is 0.255 e. The predicted octanol–water partition coefficient (Wildman–Crippen LogP) is 3.02. The van der Waals surface area contributed by atoms with E-state index >= 15 is 0 Å². The highest BCUT2D eigenvalue weighted by Crippen LogP contribution is 2.18. The minimum Gasteiger partial charge on any atom is -0.363 e. The fraction of sp³-hybridized carbons (Fsp3) is 0.250. The van der Waals surface area contributed by atoms with Crippen molar-refractivity contribution >= 4 is 17.4 Å². The summed E-state index contributed by atoms with van der Waals surface area (Å²) in [7, 11) is 3.79. The number of benzene rings is 1. The molecule has 0 bridgehead atoms. The molecule has 1 heterocycles. The van der Waals surface area contributed by atoms with Crippen molar-refractivity contribution in [3.05, 3.63) is 53.2 Å². The summed E-state index contributed by atoms with van der Waals surface area (Å²) in [5.41, 5.74) is 3.67. The predicted molar refractivity (Wildman–Crippen MR) is 82.4 cm³/mol. The first kappa shape index (κ1) is 14.1. The Bertz CT molecular complexity index is 635. The first-order chi connectivity index (χ1) is 9.47. The second kappa shape index (κ2) is 5.74. The third-order valence-electron chi connectivity index (χ3n) is 3.10. The third-order valence-corrected chi connectivity index (χ3v) is 3.10. The van der Waals surface area contributed by atoms with Crippen LogP contribution in [0.15, 0.2) is 36.5 Å². The summed E-state index contributed by atoms with van der Waals surface area (Å²) in [6, 6.07) is 9.45. The van der Waals surface area contributed by atoms with Crippen LogP contribution in [0.5, 0.6) is 0 Å². The van der Waals surface area contributed by atoms with Gasteiger partial charge in [-0.3, -0.25) is 4.79 Å². The van der Waals surface area contributed by atoms with Crippen LogP contribution in [0.3, 0.4) is 0 Å². The highest BCUT2D eigenvalue weighted by Gasteiger charge is 2.09. The zero-order valence-electron chi connectivity index (χ0n) is 12.3. The Balaban J connectivity index is 2.21. The summed E-state index contributed by atoms with van der Waals surface area (Å²) < 4.78 is 0. The highest BCUT2D eigenvalue weighted by molar-refractivity contribution is 6.05. The Kier molecular flexibility index (Phi) is 4.03. The second-order valence-corrected chi connectivity index (χ2v) is 5.07. The standard InChI is InChI=1S/C16H19N3O/c1-11-5-6-14(12(2)9-11)18-16(20)13-7-8-17-15(10-13)19(3)4/h5-10H,1-4H3,(H,18,20). The third kappa shape index (κ3) is 3.15. The van der Waals surface area contributed by atoms with E-state index in [1.807, 2.05) is 51.0 Å². The van der Waals surface area contributed by atoms with Gasteiger partial charge in [-0.25, -0.2) is 4.98 Å². The van der Waals surface area contributed by atoms with Crippen molar-refractivity contribution in [2.45, 2.75) is 13.8 Å². The van der Waals surface area contributed by atoms with Crippen LogP contribution in [0.2, 0.25) is 0 Å². The van der Waals surface area contributed by atoms with Crippen molar-refractivity contribution in [2.24, 2.45) is 0 Å². The van der Waals surface area contributed by atoms with E-state index in [0.717, 1.165) is 17.1 Å². The van der Waals surface area contributed by atoms with E-state index < -0.39 is 0 Å². The van der Waals surface area contributed by atoms with Gasteiger partial charge in [0.15, 0.2) is 0 Å². The zero-order valence-corrected chi connectivity index (χ0v) is 12.3. The fourth-order valence-electron chi connectivity index (χ4n) is 1.95. The molecule has 1 aromatic carbocycles. The van der Waals surface area contributed by atoms with Crippen LogP contribution >= 0.6 is 0 Å². The van der Waals surface area contributed by atoms with Crippen molar-refractivity contribution < 1.29 is 4.79 Å². The lowest BCUT2D eigenvalue weighted by Crippen LogP contribution is -2.15. The number of anilines is 2. The fourth-order valence-corrected chi connectivity index (χ4v) is 1.95. The molecule has 0 atom stereocenters. The monoisotopic (exact) mass is 269 g/mol. The minimum atomic E-state index is -0.123. The molecule has 0 saturated carbocycles. The summed E-state index contributed by atoms with van der Waals surface area (Å²) in [6.45, 7) is 4.02. The average Bonchev–Trinajstić information content (AvgIpc) is 2.42. The molecule has 4 heteroatoms. The van der Waals surface area contributed by atoms with Crippen LogP contribution in [0.25, 0.3) is 0 Å². The highest BCUT2D eigenvalue weighted by atomic mass is 16.1. The summed E-state index contributed by atoms with van der Waals surface area (Å²) in [5, 5.41) is 2.93. The Labute approximate surface area is 119 Å². The first-order valence-electron chi connectivity index (χ1n) is 6.49. The lowest BCUT2D eigenvalue weighted by atomic mass is 10.1. The van der Waals surface area contributed by atoms with E-state index in [1.54, 1.807) is 18.3 Å². The molecule has 1 N–H and O–H groups in total. The van der Waals surface area contributed by atoms with Crippen LogP contribution < -0.4 is 10.2 Å². The van der Waals surface area contributed by atoms with Crippen LogP contribution in [-0.4, -0.2) is 25.0 Å². The van der Waals surface area contributed by atoms with E-state index in [-0.39, 0.29) is 5.91 Å². The van der Waals surface area contributed by atoms with Crippen LogP contribution in [-0.2, 0) is 0 Å². The summed E-state index contributed by atoms with van der Waals surface area (Å²) in [5.74, 6) is 0.640. The maximum Gasteiger partial charge on any atom is 0.255 e. The lowest BCUT2D eigenvalue weighted by molar-refractivity contribution is 0.102. The number of nitrogens with zero attached hydrogens (tertiary/aromatic N) is 2. The van der Waals surface area contributed by atoms with E-state index in [9.17, 15) is 4.79 Å². The topological polar surface area (TPSA) is 45.2 Å².